The van der Waals surface area contributed by atoms with Gasteiger partial charge < -0.3 is 15.1 Å². The van der Waals surface area contributed by atoms with Gasteiger partial charge in [-0.2, -0.15) is 0 Å². The van der Waals surface area contributed by atoms with E-state index in [2.05, 4.69) is 15.0 Å². The van der Waals surface area contributed by atoms with Crippen LogP contribution in [0.25, 0.3) is 27.8 Å². The predicted octanol–water partition coefficient (Wildman–Crippen LogP) is 1.69. The van der Waals surface area contributed by atoms with Crippen LogP contribution in [0, 0.1) is 0 Å². The van der Waals surface area contributed by atoms with E-state index in [9.17, 15) is 9.90 Å². The van der Waals surface area contributed by atoms with Crippen LogP contribution in [-0.4, -0.2) is 24.6 Å². The number of aromatic nitrogens is 4. The van der Waals surface area contributed by atoms with Crippen molar-refractivity contribution in [2.24, 2.45) is 0 Å². The zero-order valence-corrected chi connectivity index (χ0v) is 11.0. The number of H-pyrrole nitrogens is 2. The quantitative estimate of drug-likeness (QED) is 0.522. The van der Waals surface area contributed by atoms with Gasteiger partial charge in [0.25, 0.3) is 0 Å². The van der Waals surface area contributed by atoms with Gasteiger partial charge >= 0.3 is 5.69 Å². The first-order valence-corrected chi connectivity index (χ1v) is 6.56. The van der Waals surface area contributed by atoms with E-state index in [1.54, 1.807) is 0 Å². The summed E-state index contributed by atoms with van der Waals surface area (Å²) in [7, 11) is 0. The Balaban J connectivity index is 2.04. The lowest BCUT2D eigenvalue weighted by molar-refractivity contribution is 0.270. The molecule has 4 aromatic rings. The Morgan fingerprint density at radius 2 is 1.90 bits per heavy atom. The van der Waals surface area contributed by atoms with Crippen LogP contribution < -0.4 is 5.69 Å². The highest BCUT2D eigenvalue weighted by Gasteiger charge is 2.12. The summed E-state index contributed by atoms with van der Waals surface area (Å²) in [4.78, 5) is 21.2. The number of benzene rings is 2. The van der Waals surface area contributed by atoms with Crippen LogP contribution in [-0.2, 0) is 6.61 Å². The summed E-state index contributed by atoms with van der Waals surface area (Å²) in [5.74, 6) is 0.563. The van der Waals surface area contributed by atoms with Gasteiger partial charge in [-0.1, -0.05) is 12.1 Å². The number of aromatic amines is 2. The van der Waals surface area contributed by atoms with Gasteiger partial charge in [0.1, 0.15) is 12.4 Å². The normalized spacial score (nSPS) is 11.5. The Kier molecular flexibility index (Phi) is 2.45. The second kappa shape index (κ2) is 4.32. The number of fused-ring (bicyclic) bond motifs is 2. The van der Waals surface area contributed by atoms with Crippen molar-refractivity contribution < 1.29 is 5.11 Å². The number of hydrogen-bond acceptors (Lipinski definition) is 3. The van der Waals surface area contributed by atoms with Gasteiger partial charge in [-0.15, -0.1) is 0 Å². The van der Waals surface area contributed by atoms with E-state index in [-0.39, 0.29) is 12.3 Å². The van der Waals surface area contributed by atoms with E-state index in [0.717, 1.165) is 27.8 Å². The molecule has 104 valence electrons. The van der Waals surface area contributed by atoms with Crippen molar-refractivity contribution in [2.45, 2.75) is 6.61 Å². The number of hydrogen-bond donors (Lipinski definition) is 3. The maximum atomic E-state index is 11.4. The van der Waals surface area contributed by atoms with Gasteiger partial charge in [0, 0.05) is 5.69 Å². The van der Waals surface area contributed by atoms with Crippen LogP contribution in [0.5, 0.6) is 0 Å². The molecule has 2 aromatic carbocycles. The fraction of sp³-hybridized carbons (Fsp3) is 0.0667. The first kappa shape index (κ1) is 11.9. The van der Waals surface area contributed by atoms with Gasteiger partial charge in [0.05, 0.1) is 22.1 Å². The highest BCUT2D eigenvalue weighted by molar-refractivity contribution is 5.81. The number of para-hydroxylation sites is 2. The zero-order valence-electron chi connectivity index (χ0n) is 11.0. The molecule has 3 N–H and O–H groups in total. The van der Waals surface area contributed by atoms with Crippen LogP contribution in [0.2, 0.25) is 0 Å². The molecule has 6 nitrogen and oxygen atoms in total. The second-order valence-corrected chi connectivity index (χ2v) is 4.82. The fourth-order valence-electron chi connectivity index (χ4n) is 2.63. The summed E-state index contributed by atoms with van der Waals surface area (Å²) in [5, 5.41) is 9.55. The topological polar surface area (TPSA) is 86.7 Å². The number of rotatable bonds is 2. The lowest BCUT2D eigenvalue weighted by Crippen LogP contribution is -2.01. The monoisotopic (exact) mass is 280 g/mol. The first-order chi connectivity index (χ1) is 10.3. The van der Waals surface area contributed by atoms with Gasteiger partial charge in [0.15, 0.2) is 0 Å². The SMILES string of the molecule is O=c1[nH]c2ccc(-n3c(CO)nc4ccccc43)cc2[nH]1. The molecule has 0 saturated carbocycles. The average Bonchev–Trinajstić information content (AvgIpc) is 3.05. The molecule has 0 aliphatic rings. The molecule has 4 rings (SSSR count). The van der Waals surface area contributed by atoms with Crippen LogP contribution in [0.15, 0.2) is 47.3 Å². The Morgan fingerprint density at radius 1 is 1.10 bits per heavy atom. The van der Waals surface area contributed by atoms with Crippen LogP contribution in [0.4, 0.5) is 0 Å². The van der Waals surface area contributed by atoms with E-state index in [4.69, 9.17) is 0 Å². The standard InChI is InChI=1S/C15H12N4O2/c20-8-14-16-11-3-1-2-4-13(11)19(14)9-5-6-10-12(7-9)18-15(21)17-10/h1-7,20H,8H2,(H2,17,18,21). The number of aliphatic hydroxyl groups excluding tert-OH is 1. The Morgan fingerprint density at radius 3 is 2.76 bits per heavy atom. The molecule has 0 aliphatic carbocycles. The van der Waals surface area contributed by atoms with Crippen molar-refractivity contribution in [3.63, 3.8) is 0 Å². The van der Waals surface area contributed by atoms with Crippen LogP contribution in [0.1, 0.15) is 5.82 Å². The zero-order chi connectivity index (χ0) is 14.4. The second-order valence-electron chi connectivity index (χ2n) is 4.82. The molecule has 21 heavy (non-hydrogen) atoms. The Hall–Kier alpha value is -2.86. The number of imidazole rings is 2. The third-order valence-electron chi connectivity index (χ3n) is 3.53. The number of nitrogens with one attached hydrogen (secondary N) is 2. The lowest BCUT2D eigenvalue weighted by Gasteiger charge is -2.07. The molecule has 0 spiro atoms. The van der Waals surface area contributed by atoms with Gasteiger partial charge in [-0.05, 0) is 30.3 Å². The molecule has 6 heteroatoms. The summed E-state index contributed by atoms with van der Waals surface area (Å²) in [6.45, 7) is -0.156. The average molecular weight is 280 g/mol. The summed E-state index contributed by atoms with van der Waals surface area (Å²) in [6, 6.07) is 13.3. The molecule has 0 radical (unpaired) electrons. The van der Waals surface area contributed by atoms with Crippen molar-refractivity contribution in [1.29, 1.82) is 0 Å². The van der Waals surface area contributed by atoms with Crippen molar-refractivity contribution in [2.75, 3.05) is 0 Å². The molecule has 2 heterocycles. The third-order valence-corrected chi connectivity index (χ3v) is 3.53. The van der Waals surface area contributed by atoms with E-state index in [1.165, 1.54) is 0 Å². The number of aliphatic hydroxyl groups is 1. The minimum Gasteiger partial charge on any atom is -0.388 e. The summed E-state index contributed by atoms with van der Waals surface area (Å²) in [5.41, 5.74) is 3.82. The van der Waals surface area contributed by atoms with Crippen molar-refractivity contribution in [3.05, 3.63) is 58.8 Å². The third kappa shape index (κ3) is 1.77. The maximum Gasteiger partial charge on any atom is 0.323 e. The van der Waals surface area contributed by atoms with Crippen LogP contribution >= 0.6 is 0 Å². The van der Waals surface area contributed by atoms with E-state index in [1.807, 2.05) is 47.0 Å². The molecular weight excluding hydrogens is 268 g/mol. The molecular formula is C15H12N4O2. The molecule has 0 saturated heterocycles. The van der Waals surface area contributed by atoms with Gasteiger partial charge in [0.2, 0.25) is 0 Å². The van der Waals surface area contributed by atoms with E-state index < -0.39 is 0 Å². The Bertz CT molecular complexity index is 1010. The maximum absolute atomic E-state index is 11.4. The minimum atomic E-state index is -0.236. The largest absolute Gasteiger partial charge is 0.388 e. The van der Waals surface area contributed by atoms with Crippen molar-refractivity contribution in [3.8, 4) is 5.69 Å². The highest BCUT2D eigenvalue weighted by atomic mass is 16.3. The highest BCUT2D eigenvalue weighted by Crippen LogP contribution is 2.23. The molecule has 0 bridgehead atoms. The molecule has 0 unspecified atom stereocenters. The first-order valence-electron chi connectivity index (χ1n) is 6.56. The smallest absolute Gasteiger partial charge is 0.323 e. The fourth-order valence-corrected chi connectivity index (χ4v) is 2.63. The van der Waals surface area contributed by atoms with Gasteiger partial charge in [-0.25, -0.2) is 9.78 Å². The van der Waals surface area contributed by atoms with E-state index in [0.29, 0.717) is 5.82 Å². The van der Waals surface area contributed by atoms with Crippen molar-refractivity contribution in [1.82, 2.24) is 19.5 Å². The molecule has 0 aliphatic heterocycles. The molecule has 0 atom stereocenters. The van der Waals surface area contributed by atoms with Gasteiger partial charge in [-0.3, -0.25) is 4.57 Å². The van der Waals surface area contributed by atoms with E-state index >= 15 is 0 Å². The van der Waals surface area contributed by atoms with Crippen molar-refractivity contribution >= 4 is 22.1 Å². The summed E-state index contributed by atoms with van der Waals surface area (Å²) >= 11 is 0. The lowest BCUT2D eigenvalue weighted by atomic mass is 10.2. The van der Waals surface area contributed by atoms with Crippen LogP contribution in [0.3, 0.4) is 0 Å². The molecule has 0 fully saturated rings. The number of nitrogens with zero attached hydrogens (tertiary/aromatic N) is 2. The predicted molar refractivity (Wildman–Crippen MR) is 79.5 cm³/mol. The Labute approximate surface area is 118 Å². The summed E-state index contributed by atoms with van der Waals surface area (Å²) in [6.07, 6.45) is 0. The minimum absolute atomic E-state index is 0.156. The molecule has 2 aromatic heterocycles. The molecule has 0 amide bonds. The summed E-state index contributed by atoms with van der Waals surface area (Å²) < 4.78 is 1.89.